The highest BCUT2D eigenvalue weighted by Crippen LogP contribution is 2.53. The van der Waals surface area contributed by atoms with Crippen molar-refractivity contribution in [2.75, 3.05) is 0 Å². The van der Waals surface area contributed by atoms with Gasteiger partial charge in [0.15, 0.2) is 0 Å². The number of alkyl halides is 14. The van der Waals surface area contributed by atoms with E-state index in [1.807, 2.05) is 0 Å². The van der Waals surface area contributed by atoms with Gasteiger partial charge in [0.05, 0.1) is 6.42 Å². The van der Waals surface area contributed by atoms with Crippen molar-refractivity contribution >= 4 is 5.97 Å². The molecule has 1 atom stereocenters. The first-order valence-corrected chi connectivity index (χ1v) is 7.88. The molecule has 16 heteroatoms. The normalized spacial score (nSPS) is 16.5. The van der Waals surface area contributed by atoms with Gasteiger partial charge in [-0.2, -0.15) is 61.5 Å². The predicted molar refractivity (Wildman–Crippen MR) is 76.4 cm³/mol. The van der Waals surface area contributed by atoms with E-state index in [4.69, 9.17) is 0 Å². The number of ether oxygens (including phenoxy) is 1. The minimum atomic E-state index is -7.10. The van der Waals surface area contributed by atoms with E-state index in [1.54, 1.807) is 0 Å². The molecule has 0 aromatic heterocycles. The smallest absolute Gasteiger partial charge is 0.450 e. The van der Waals surface area contributed by atoms with Gasteiger partial charge in [0.1, 0.15) is 5.60 Å². The van der Waals surface area contributed by atoms with Crippen LogP contribution in [0.25, 0.3) is 0 Å². The Bertz CT molecular complexity index is 812. The van der Waals surface area contributed by atoms with E-state index in [-0.39, 0.29) is 6.92 Å². The van der Waals surface area contributed by atoms with Crippen LogP contribution >= 0.6 is 0 Å². The van der Waals surface area contributed by atoms with Gasteiger partial charge in [0, 0.05) is 0 Å². The van der Waals surface area contributed by atoms with Gasteiger partial charge < -0.3 is 4.74 Å². The highest BCUT2D eigenvalue weighted by atomic mass is 19.4. The van der Waals surface area contributed by atoms with E-state index in [1.165, 1.54) is 0 Å². The SMILES string of the molecule is CC(CC(F)(F)C(F)(F)C(F)(F)F)(OC(=O)C(F)(F)C(F)(F)C(F)(F)F)c1ccccc1. The zero-order valence-corrected chi connectivity index (χ0v) is 15.2. The minimum Gasteiger partial charge on any atom is -0.450 e. The number of benzene rings is 1. The Morgan fingerprint density at radius 2 is 1.12 bits per heavy atom. The second-order valence-electron chi connectivity index (χ2n) is 6.59. The summed E-state index contributed by atoms with van der Waals surface area (Å²) in [6, 6.07) is 3.97. The van der Waals surface area contributed by atoms with Crippen LogP contribution in [0.5, 0.6) is 0 Å². The molecule has 0 aliphatic heterocycles. The molecule has 0 bridgehead atoms. The first-order chi connectivity index (χ1) is 13.9. The summed E-state index contributed by atoms with van der Waals surface area (Å²) in [5.41, 5.74) is -4.63. The van der Waals surface area contributed by atoms with Crippen molar-refractivity contribution in [1.29, 1.82) is 0 Å². The van der Waals surface area contributed by atoms with Crippen molar-refractivity contribution < 1.29 is 71.0 Å². The average molecular weight is 500 g/mol. The molecular formula is C16H10F14O2. The molecule has 0 radical (unpaired) electrons. The van der Waals surface area contributed by atoms with Gasteiger partial charge in [-0.3, -0.25) is 0 Å². The maximum Gasteiger partial charge on any atom is 0.460 e. The first kappa shape index (κ1) is 27.7. The van der Waals surface area contributed by atoms with Crippen LogP contribution in [0.3, 0.4) is 0 Å². The number of esters is 1. The molecule has 1 aromatic carbocycles. The number of carbonyl (C=O) groups excluding carboxylic acids is 1. The number of carbonyl (C=O) groups is 1. The Morgan fingerprint density at radius 3 is 1.50 bits per heavy atom. The maximum absolute atomic E-state index is 13.9. The minimum absolute atomic E-state index is 0.0579. The third-order valence-electron chi connectivity index (χ3n) is 4.08. The van der Waals surface area contributed by atoms with Crippen LogP contribution < -0.4 is 0 Å². The monoisotopic (exact) mass is 500 g/mol. The van der Waals surface area contributed by atoms with Crippen LogP contribution in [0.4, 0.5) is 61.5 Å². The third-order valence-corrected chi connectivity index (χ3v) is 4.08. The average Bonchev–Trinajstić information content (AvgIpc) is 2.59. The second kappa shape index (κ2) is 7.93. The van der Waals surface area contributed by atoms with Crippen molar-refractivity contribution in [3.8, 4) is 0 Å². The van der Waals surface area contributed by atoms with E-state index < -0.39 is 59.6 Å². The summed E-state index contributed by atoms with van der Waals surface area (Å²) < 4.78 is 185. The predicted octanol–water partition coefficient (Wildman–Crippen LogP) is 6.50. The van der Waals surface area contributed by atoms with Crippen molar-refractivity contribution in [2.45, 2.75) is 55.0 Å². The Kier molecular flexibility index (Phi) is 6.88. The van der Waals surface area contributed by atoms with Gasteiger partial charge in [0.25, 0.3) is 0 Å². The van der Waals surface area contributed by atoms with Crippen LogP contribution in [0.2, 0.25) is 0 Å². The lowest BCUT2D eigenvalue weighted by Crippen LogP contribution is -2.59. The van der Waals surface area contributed by atoms with Gasteiger partial charge in [-0.1, -0.05) is 30.3 Å². The van der Waals surface area contributed by atoms with Crippen LogP contribution in [-0.2, 0) is 15.1 Å². The van der Waals surface area contributed by atoms with Crippen LogP contribution in [-0.4, -0.2) is 42.0 Å². The lowest BCUT2D eigenvalue weighted by atomic mass is 9.87. The van der Waals surface area contributed by atoms with Crippen molar-refractivity contribution in [3.63, 3.8) is 0 Å². The number of hydrogen-bond donors (Lipinski definition) is 0. The van der Waals surface area contributed by atoms with E-state index in [0.29, 0.717) is 12.1 Å². The second-order valence-corrected chi connectivity index (χ2v) is 6.59. The van der Waals surface area contributed by atoms with Gasteiger partial charge in [0.2, 0.25) is 0 Å². The molecule has 0 spiro atoms. The molecule has 32 heavy (non-hydrogen) atoms. The fourth-order valence-electron chi connectivity index (χ4n) is 2.30. The van der Waals surface area contributed by atoms with E-state index in [9.17, 15) is 66.3 Å². The van der Waals surface area contributed by atoms with Crippen LogP contribution in [0, 0.1) is 0 Å². The molecule has 0 aliphatic carbocycles. The summed E-state index contributed by atoms with van der Waals surface area (Å²) in [7, 11) is 0. The molecule has 0 saturated carbocycles. The zero-order chi connectivity index (χ0) is 25.6. The lowest BCUT2D eigenvalue weighted by Gasteiger charge is -2.38. The molecule has 2 nitrogen and oxygen atoms in total. The highest BCUT2D eigenvalue weighted by Gasteiger charge is 2.78. The maximum atomic E-state index is 13.9. The Balaban J connectivity index is 3.52. The Labute approximate surface area is 169 Å². The van der Waals surface area contributed by atoms with Gasteiger partial charge in [-0.15, -0.1) is 0 Å². The van der Waals surface area contributed by atoms with E-state index in [2.05, 4.69) is 4.74 Å². The topological polar surface area (TPSA) is 26.3 Å². The number of hydrogen-bond acceptors (Lipinski definition) is 2. The van der Waals surface area contributed by atoms with Crippen molar-refractivity contribution in [3.05, 3.63) is 35.9 Å². The number of rotatable bonds is 7. The molecule has 184 valence electrons. The zero-order valence-electron chi connectivity index (χ0n) is 15.2. The lowest BCUT2D eigenvalue weighted by molar-refractivity contribution is -0.364. The summed E-state index contributed by atoms with van der Waals surface area (Å²) in [5, 5.41) is 0. The summed E-state index contributed by atoms with van der Waals surface area (Å²) in [6.07, 6.45) is -16.9. The fraction of sp³-hybridized carbons (Fsp3) is 0.562. The van der Waals surface area contributed by atoms with Gasteiger partial charge in [-0.25, -0.2) is 4.79 Å². The van der Waals surface area contributed by atoms with Crippen LogP contribution in [0.15, 0.2) is 30.3 Å². The number of halogens is 14. The van der Waals surface area contributed by atoms with E-state index >= 15 is 0 Å². The summed E-state index contributed by atoms with van der Waals surface area (Å²) >= 11 is 0. The summed E-state index contributed by atoms with van der Waals surface area (Å²) in [6.45, 7) is 0.0579. The first-order valence-electron chi connectivity index (χ1n) is 7.88. The standard InChI is InChI=1S/C16H10F14O2/c1-10(8-5-3-2-4-6-8,7-11(17,18)13(21,22)15(25,26)27)32-9(31)12(19,20)14(23,24)16(28,29)30/h2-6H,7H2,1H3. The molecule has 0 fully saturated rings. The molecular weight excluding hydrogens is 490 g/mol. The third kappa shape index (κ3) is 4.72. The Hall–Kier alpha value is -2.29. The fourth-order valence-corrected chi connectivity index (χ4v) is 2.30. The van der Waals surface area contributed by atoms with Crippen molar-refractivity contribution in [1.82, 2.24) is 0 Å². The quantitative estimate of drug-likeness (QED) is 0.316. The van der Waals surface area contributed by atoms with Crippen LogP contribution in [0.1, 0.15) is 18.9 Å². The molecule has 0 heterocycles. The molecule has 1 rings (SSSR count). The summed E-state index contributed by atoms with van der Waals surface area (Å²) in [5.74, 6) is -30.7. The molecule has 1 aromatic rings. The molecule has 0 aliphatic rings. The highest BCUT2D eigenvalue weighted by molar-refractivity contribution is 5.79. The Morgan fingerprint density at radius 1 is 0.719 bits per heavy atom. The van der Waals surface area contributed by atoms with Gasteiger partial charge >= 0.3 is 42.0 Å². The molecule has 1 unspecified atom stereocenters. The molecule has 0 saturated heterocycles. The molecule has 0 amide bonds. The van der Waals surface area contributed by atoms with Crippen molar-refractivity contribution in [2.24, 2.45) is 0 Å². The largest absolute Gasteiger partial charge is 0.460 e. The van der Waals surface area contributed by atoms with Gasteiger partial charge in [-0.05, 0) is 12.5 Å². The van der Waals surface area contributed by atoms with E-state index in [0.717, 1.165) is 18.2 Å². The molecule has 0 N–H and O–H groups in total. The summed E-state index contributed by atoms with van der Waals surface area (Å²) in [4.78, 5) is 11.5.